The van der Waals surface area contributed by atoms with Gasteiger partial charge in [-0.2, -0.15) is 9.64 Å². The van der Waals surface area contributed by atoms with Gasteiger partial charge in [0, 0.05) is 5.75 Å². The Bertz CT molecular complexity index is 341. The molecule has 1 aromatic rings. The van der Waals surface area contributed by atoms with Gasteiger partial charge in [0.25, 0.3) is 0 Å². The van der Waals surface area contributed by atoms with Crippen LogP contribution in [0.25, 0.3) is 0 Å². The molecule has 0 amide bonds. The maximum Gasteiger partial charge on any atom is 0.169 e. The van der Waals surface area contributed by atoms with Gasteiger partial charge in [-0.25, -0.2) is 4.98 Å². The number of hydrogen-bond acceptors (Lipinski definition) is 6. The summed E-state index contributed by atoms with van der Waals surface area (Å²) < 4.78 is 4.78. The average molecular weight is 226 g/mol. The van der Waals surface area contributed by atoms with Crippen molar-refractivity contribution in [2.75, 3.05) is 5.75 Å². The largest absolute Gasteiger partial charge is 0.312 e. The highest BCUT2D eigenvalue weighted by molar-refractivity contribution is 8.01. The number of nitriles is 1. The molecule has 0 radical (unpaired) electrons. The summed E-state index contributed by atoms with van der Waals surface area (Å²) in [5, 5.41) is 9.00. The van der Waals surface area contributed by atoms with Crippen LogP contribution < -0.4 is 5.73 Å². The minimum absolute atomic E-state index is 0.382. The van der Waals surface area contributed by atoms with Crippen LogP contribution in [0.3, 0.4) is 0 Å². The van der Waals surface area contributed by atoms with Gasteiger partial charge >= 0.3 is 0 Å². The van der Waals surface area contributed by atoms with Gasteiger partial charge < -0.3 is 5.73 Å². The first kappa shape index (κ1) is 9.90. The van der Waals surface area contributed by atoms with E-state index in [9.17, 15) is 0 Å². The maximum absolute atomic E-state index is 9.00. The molecule has 1 heterocycles. The molecular formula is C8H10N4S2. The topological polar surface area (TPSA) is 75.6 Å². The van der Waals surface area contributed by atoms with E-state index in [1.165, 1.54) is 29.6 Å². The molecule has 1 aliphatic rings. The van der Waals surface area contributed by atoms with E-state index in [2.05, 4.69) is 15.4 Å². The summed E-state index contributed by atoms with van der Waals surface area (Å²) in [6, 6.07) is 2.22. The van der Waals surface area contributed by atoms with Gasteiger partial charge in [-0.15, -0.1) is 0 Å². The third kappa shape index (κ3) is 2.05. The Kier molecular flexibility index (Phi) is 2.72. The zero-order chi connectivity index (χ0) is 10.0. The molecule has 1 aliphatic carbocycles. The predicted octanol–water partition coefficient (Wildman–Crippen LogP) is 1.26. The lowest BCUT2D eigenvalue weighted by atomic mass is 10.00. The molecule has 0 aliphatic heterocycles. The van der Waals surface area contributed by atoms with Crippen LogP contribution in [0, 0.1) is 17.2 Å². The lowest BCUT2D eigenvalue weighted by Crippen LogP contribution is -2.43. The summed E-state index contributed by atoms with van der Waals surface area (Å²) in [5.41, 5.74) is 5.32. The second-order valence-electron chi connectivity index (χ2n) is 3.42. The zero-order valence-corrected chi connectivity index (χ0v) is 9.14. The molecule has 74 valence electrons. The molecule has 0 spiro atoms. The van der Waals surface area contributed by atoms with Crippen LogP contribution in [-0.2, 0) is 0 Å². The van der Waals surface area contributed by atoms with Crippen LogP contribution in [-0.4, -0.2) is 20.6 Å². The summed E-state index contributed by atoms with van der Waals surface area (Å²) >= 11 is 2.87. The molecule has 2 rings (SSSR count). The van der Waals surface area contributed by atoms with Crippen LogP contribution in [0.4, 0.5) is 0 Å². The van der Waals surface area contributed by atoms with Crippen molar-refractivity contribution < 1.29 is 0 Å². The molecule has 1 saturated carbocycles. The lowest BCUT2D eigenvalue weighted by molar-refractivity contribution is 0.532. The molecule has 1 fully saturated rings. The molecule has 6 heteroatoms. The fourth-order valence-corrected chi connectivity index (χ4v) is 2.83. The summed E-state index contributed by atoms with van der Waals surface area (Å²) in [6.45, 7) is 0. The third-order valence-electron chi connectivity index (χ3n) is 2.29. The molecule has 4 nitrogen and oxygen atoms in total. The Morgan fingerprint density at radius 1 is 1.79 bits per heavy atom. The zero-order valence-electron chi connectivity index (χ0n) is 7.51. The van der Waals surface area contributed by atoms with Crippen LogP contribution in [0.1, 0.15) is 12.8 Å². The first-order valence-electron chi connectivity index (χ1n) is 4.34. The van der Waals surface area contributed by atoms with Crippen molar-refractivity contribution in [2.24, 2.45) is 11.7 Å². The van der Waals surface area contributed by atoms with Crippen molar-refractivity contribution >= 4 is 23.3 Å². The summed E-state index contributed by atoms with van der Waals surface area (Å²) in [5.74, 6) is 0.997. The van der Waals surface area contributed by atoms with Crippen LogP contribution in [0.2, 0.25) is 0 Å². The fraction of sp³-hybridized carbons (Fsp3) is 0.625. The van der Waals surface area contributed by atoms with Gasteiger partial charge in [0.2, 0.25) is 0 Å². The molecule has 1 unspecified atom stereocenters. The summed E-state index contributed by atoms with van der Waals surface area (Å²) in [4.78, 5) is 4.04. The molecule has 0 saturated heterocycles. The first-order valence-corrected chi connectivity index (χ1v) is 6.10. The molecule has 1 aromatic heterocycles. The van der Waals surface area contributed by atoms with E-state index in [0.717, 1.165) is 17.2 Å². The predicted molar refractivity (Wildman–Crippen MR) is 55.9 cm³/mol. The molecule has 0 aromatic carbocycles. The number of aromatic nitrogens is 2. The monoisotopic (exact) mass is 226 g/mol. The summed E-state index contributed by atoms with van der Waals surface area (Å²) in [6.07, 6.45) is 3.69. The van der Waals surface area contributed by atoms with Crippen molar-refractivity contribution in [1.29, 1.82) is 5.26 Å². The molecule has 2 N–H and O–H groups in total. The van der Waals surface area contributed by atoms with Gasteiger partial charge in [0.1, 0.15) is 11.9 Å². The highest BCUT2D eigenvalue weighted by atomic mass is 32.2. The Balaban J connectivity index is 1.93. The standard InChI is InChI=1S/C8H10N4S2/c9-3-8(10,6-1-2-6)4-13-7-11-5-12-14-7/h5-6H,1-2,4,10H2. The van der Waals surface area contributed by atoms with Gasteiger partial charge in [0.15, 0.2) is 4.34 Å². The number of nitrogens with zero attached hydrogens (tertiary/aromatic N) is 3. The SMILES string of the molecule is N#CC(N)(CSc1ncns1)C1CC1. The Morgan fingerprint density at radius 3 is 3.07 bits per heavy atom. The molecule has 1 atom stereocenters. The van der Waals surface area contributed by atoms with E-state index < -0.39 is 5.54 Å². The van der Waals surface area contributed by atoms with Gasteiger partial charge in [-0.3, -0.25) is 0 Å². The smallest absolute Gasteiger partial charge is 0.169 e. The van der Waals surface area contributed by atoms with Crippen LogP contribution >= 0.6 is 23.3 Å². The molecular weight excluding hydrogens is 216 g/mol. The third-order valence-corrected chi connectivity index (χ3v) is 4.30. The Labute approximate surface area is 90.7 Å². The minimum atomic E-state index is -0.670. The number of nitrogens with two attached hydrogens (primary N) is 1. The van der Waals surface area contributed by atoms with E-state index >= 15 is 0 Å². The van der Waals surface area contributed by atoms with E-state index in [1.54, 1.807) is 0 Å². The number of rotatable bonds is 4. The summed E-state index contributed by atoms with van der Waals surface area (Å²) in [7, 11) is 0. The molecule has 14 heavy (non-hydrogen) atoms. The van der Waals surface area contributed by atoms with E-state index in [-0.39, 0.29) is 0 Å². The van der Waals surface area contributed by atoms with E-state index in [1.807, 2.05) is 0 Å². The van der Waals surface area contributed by atoms with Crippen LogP contribution in [0.5, 0.6) is 0 Å². The van der Waals surface area contributed by atoms with Crippen molar-refractivity contribution in [1.82, 2.24) is 9.36 Å². The minimum Gasteiger partial charge on any atom is -0.312 e. The van der Waals surface area contributed by atoms with Gasteiger partial charge in [-0.1, -0.05) is 11.8 Å². The second-order valence-corrected chi connectivity index (χ2v) is 5.42. The Morgan fingerprint density at radius 2 is 2.57 bits per heavy atom. The van der Waals surface area contributed by atoms with Gasteiger partial charge in [-0.05, 0) is 30.3 Å². The van der Waals surface area contributed by atoms with Crippen LogP contribution in [0.15, 0.2) is 10.7 Å². The van der Waals surface area contributed by atoms with Crippen molar-refractivity contribution in [3.63, 3.8) is 0 Å². The van der Waals surface area contributed by atoms with Crippen molar-refractivity contribution in [2.45, 2.75) is 22.7 Å². The highest BCUT2D eigenvalue weighted by Gasteiger charge is 2.42. The van der Waals surface area contributed by atoms with E-state index in [4.69, 9.17) is 11.0 Å². The number of hydrogen-bond donors (Lipinski definition) is 1. The average Bonchev–Trinajstić information content (AvgIpc) is 2.94. The fourth-order valence-electron chi connectivity index (χ4n) is 1.25. The highest BCUT2D eigenvalue weighted by Crippen LogP contribution is 2.40. The van der Waals surface area contributed by atoms with Crippen molar-refractivity contribution in [3.8, 4) is 6.07 Å². The van der Waals surface area contributed by atoms with Gasteiger partial charge in [0.05, 0.1) is 6.07 Å². The normalized spacial score (nSPS) is 20.0. The number of thioether (sulfide) groups is 1. The first-order chi connectivity index (χ1) is 6.74. The quantitative estimate of drug-likeness (QED) is 0.782. The van der Waals surface area contributed by atoms with Crippen molar-refractivity contribution in [3.05, 3.63) is 6.33 Å². The van der Waals surface area contributed by atoms with E-state index in [0.29, 0.717) is 11.7 Å². The second kappa shape index (κ2) is 3.85. The maximum atomic E-state index is 9.00. The lowest BCUT2D eigenvalue weighted by Gasteiger charge is -2.19. The Hall–Kier alpha value is -0.640. The molecule has 0 bridgehead atoms.